The van der Waals surface area contributed by atoms with Crippen molar-refractivity contribution in [2.24, 2.45) is 0 Å². The van der Waals surface area contributed by atoms with Crippen LogP contribution in [0.2, 0.25) is 0 Å². The molecule has 0 amide bonds. The molecule has 0 aromatic carbocycles. The molecule has 1 N–H and O–H groups in total. The van der Waals surface area contributed by atoms with Gasteiger partial charge in [-0.2, -0.15) is 16.9 Å². The highest BCUT2D eigenvalue weighted by Gasteiger charge is 2.38. The van der Waals surface area contributed by atoms with E-state index in [1.165, 1.54) is 36.3 Å². The summed E-state index contributed by atoms with van der Waals surface area (Å²) in [5, 5.41) is 8.03. The molecule has 0 bridgehead atoms. The molecule has 3 heterocycles. The van der Waals surface area contributed by atoms with Crippen LogP contribution in [0.4, 0.5) is 0 Å². The van der Waals surface area contributed by atoms with Crippen molar-refractivity contribution in [1.82, 2.24) is 15.1 Å². The number of rotatable bonds is 4. The van der Waals surface area contributed by atoms with Crippen molar-refractivity contribution >= 4 is 11.8 Å². The van der Waals surface area contributed by atoms with Crippen LogP contribution in [0.1, 0.15) is 31.2 Å². The van der Waals surface area contributed by atoms with Gasteiger partial charge in [-0.3, -0.25) is 4.68 Å². The standard InChI is InChI=1S/C15H25N3OS/c1-13-11-17-18(12-13)6-5-16-14-2-7-19-15(10-14)3-8-20-9-4-15/h11-12,14,16H,2-10H2,1H3. The van der Waals surface area contributed by atoms with Crippen molar-refractivity contribution in [3.05, 3.63) is 18.0 Å². The first kappa shape index (κ1) is 14.4. The third-order valence-corrected chi connectivity index (χ3v) is 5.42. The molecule has 5 heteroatoms. The van der Waals surface area contributed by atoms with E-state index < -0.39 is 0 Å². The Hall–Kier alpha value is -0.520. The average molecular weight is 295 g/mol. The van der Waals surface area contributed by atoms with Gasteiger partial charge in [0.05, 0.1) is 18.3 Å². The second-order valence-corrected chi connectivity index (χ2v) is 7.29. The summed E-state index contributed by atoms with van der Waals surface area (Å²) in [5.74, 6) is 2.53. The third kappa shape index (κ3) is 3.57. The minimum atomic E-state index is 0.184. The van der Waals surface area contributed by atoms with Crippen LogP contribution in [-0.2, 0) is 11.3 Å². The summed E-state index contributed by atoms with van der Waals surface area (Å²) >= 11 is 2.07. The maximum absolute atomic E-state index is 6.13. The van der Waals surface area contributed by atoms with Crippen LogP contribution in [0.25, 0.3) is 0 Å². The van der Waals surface area contributed by atoms with Crippen LogP contribution in [-0.4, -0.2) is 46.1 Å². The normalized spacial score (nSPS) is 25.9. The molecule has 2 aliphatic rings. The highest BCUT2D eigenvalue weighted by molar-refractivity contribution is 7.99. The Labute approximate surface area is 125 Å². The number of thioether (sulfide) groups is 1. The second kappa shape index (κ2) is 6.50. The van der Waals surface area contributed by atoms with Crippen molar-refractivity contribution in [3.8, 4) is 0 Å². The van der Waals surface area contributed by atoms with Crippen molar-refractivity contribution in [2.75, 3.05) is 24.7 Å². The first-order valence-corrected chi connectivity index (χ1v) is 8.85. The summed E-state index contributed by atoms with van der Waals surface area (Å²) in [5.41, 5.74) is 1.42. The fourth-order valence-electron chi connectivity index (χ4n) is 3.27. The van der Waals surface area contributed by atoms with Crippen LogP contribution in [0.5, 0.6) is 0 Å². The number of nitrogens with one attached hydrogen (secondary N) is 1. The van der Waals surface area contributed by atoms with Crippen LogP contribution in [0, 0.1) is 6.92 Å². The molecule has 0 saturated carbocycles. The molecule has 3 rings (SSSR count). The number of aryl methyl sites for hydroxylation is 1. The zero-order chi connectivity index (χ0) is 13.8. The zero-order valence-corrected chi connectivity index (χ0v) is 13.1. The lowest BCUT2D eigenvalue weighted by molar-refractivity contribution is -0.0931. The van der Waals surface area contributed by atoms with Gasteiger partial charge in [-0.05, 0) is 49.7 Å². The van der Waals surface area contributed by atoms with Gasteiger partial charge < -0.3 is 10.1 Å². The topological polar surface area (TPSA) is 39.1 Å². The van der Waals surface area contributed by atoms with Gasteiger partial charge in [-0.15, -0.1) is 0 Å². The van der Waals surface area contributed by atoms with Crippen molar-refractivity contribution in [3.63, 3.8) is 0 Å². The fourth-order valence-corrected chi connectivity index (χ4v) is 4.50. The number of nitrogens with zero attached hydrogens (tertiary/aromatic N) is 2. The van der Waals surface area contributed by atoms with Gasteiger partial charge in [0.25, 0.3) is 0 Å². The lowest BCUT2D eigenvalue weighted by atomic mass is 9.85. The van der Waals surface area contributed by atoms with E-state index in [0.29, 0.717) is 6.04 Å². The van der Waals surface area contributed by atoms with Gasteiger partial charge >= 0.3 is 0 Å². The van der Waals surface area contributed by atoms with Gasteiger partial charge in [0.1, 0.15) is 0 Å². The molecular weight excluding hydrogens is 270 g/mol. The summed E-state index contributed by atoms with van der Waals surface area (Å²) in [4.78, 5) is 0. The Morgan fingerprint density at radius 1 is 1.50 bits per heavy atom. The van der Waals surface area contributed by atoms with Crippen molar-refractivity contribution < 1.29 is 4.74 Å². The van der Waals surface area contributed by atoms with Crippen LogP contribution in [0.3, 0.4) is 0 Å². The van der Waals surface area contributed by atoms with Gasteiger partial charge in [-0.1, -0.05) is 0 Å². The Bertz CT molecular complexity index is 423. The molecule has 0 radical (unpaired) electrons. The predicted octanol–water partition coefficient (Wildman–Crippen LogP) is 2.23. The summed E-state index contributed by atoms with van der Waals surface area (Å²) in [6.45, 7) is 4.95. The third-order valence-electron chi connectivity index (χ3n) is 4.43. The number of hydrogen-bond donors (Lipinski definition) is 1. The summed E-state index contributed by atoms with van der Waals surface area (Å²) in [6, 6.07) is 0.614. The average Bonchev–Trinajstić information content (AvgIpc) is 2.86. The summed E-state index contributed by atoms with van der Waals surface area (Å²) < 4.78 is 8.16. The first-order valence-electron chi connectivity index (χ1n) is 7.70. The van der Waals surface area contributed by atoms with E-state index in [4.69, 9.17) is 4.74 Å². The second-order valence-electron chi connectivity index (χ2n) is 6.07. The van der Waals surface area contributed by atoms with Gasteiger partial charge in [-0.25, -0.2) is 0 Å². The Balaban J connectivity index is 1.45. The lowest BCUT2D eigenvalue weighted by Gasteiger charge is -2.43. The smallest absolute Gasteiger partial charge is 0.0713 e. The summed E-state index contributed by atoms with van der Waals surface area (Å²) in [7, 11) is 0. The fraction of sp³-hybridized carbons (Fsp3) is 0.800. The quantitative estimate of drug-likeness (QED) is 0.924. The number of ether oxygens (including phenoxy) is 1. The maximum Gasteiger partial charge on any atom is 0.0713 e. The van der Waals surface area contributed by atoms with E-state index in [1.807, 2.05) is 10.9 Å². The summed E-state index contributed by atoms with van der Waals surface area (Å²) in [6.07, 6.45) is 8.82. The highest BCUT2D eigenvalue weighted by Crippen LogP contribution is 2.37. The number of hydrogen-bond acceptors (Lipinski definition) is 4. The Morgan fingerprint density at radius 3 is 3.10 bits per heavy atom. The molecule has 20 heavy (non-hydrogen) atoms. The molecule has 0 aliphatic carbocycles. The van der Waals surface area contributed by atoms with Gasteiger partial charge in [0.2, 0.25) is 0 Å². The molecule has 1 unspecified atom stereocenters. The molecule has 112 valence electrons. The SMILES string of the molecule is Cc1cnn(CCNC2CCOC3(CCSCC3)C2)c1. The largest absolute Gasteiger partial charge is 0.375 e. The van der Waals surface area contributed by atoms with E-state index in [1.54, 1.807) is 0 Å². The monoisotopic (exact) mass is 295 g/mol. The molecular formula is C15H25N3OS. The van der Waals surface area contributed by atoms with E-state index in [2.05, 4.69) is 35.3 Å². The van der Waals surface area contributed by atoms with Crippen LogP contribution in [0.15, 0.2) is 12.4 Å². The molecule has 1 aromatic heterocycles. The van der Waals surface area contributed by atoms with Gasteiger partial charge in [0, 0.05) is 25.4 Å². The molecule has 1 spiro atoms. The van der Waals surface area contributed by atoms with Crippen LogP contribution >= 0.6 is 11.8 Å². The molecule has 2 aliphatic heterocycles. The molecule has 2 fully saturated rings. The van der Waals surface area contributed by atoms with Crippen molar-refractivity contribution in [1.29, 1.82) is 0 Å². The zero-order valence-electron chi connectivity index (χ0n) is 12.3. The van der Waals surface area contributed by atoms with Crippen LogP contribution < -0.4 is 5.32 Å². The van der Waals surface area contributed by atoms with E-state index in [9.17, 15) is 0 Å². The van der Waals surface area contributed by atoms with E-state index >= 15 is 0 Å². The lowest BCUT2D eigenvalue weighted by Crippen LogP contribution is -2.49. The van der Waals surface area contributed by atoms with E-state index in [-0.39, 0.29) is 5.60 Å². The van der Waals surface area contributed by atoms with Gasteiger partial charge in [0.15, 0.2) is 0 Å². The molecule has 4 nitrogen and oxygen atoms in total. The minimum absolute atomic E-state index is 0.184. The van der Waals surface area contributed by atoms with Crippen molar-refractivity contribution in [2.45, 2.75) is 50.8 Å². The molecule has 2 saturated heterocycles. The van der Waals surface area contributed by atoms with E-state index in [0.717, 1.165) is 26.1 Å². The predicted molar refractivity (Wildman–Crippen MR) is 83.2 cm³/mol. The molecule has 1 atom stereocenters. The minimum Gasteiger partial charge on any atom is -0.375 e. The Kier molecular flexibility index (Phi) is 4.68. The molecule has 1 aromatic rings. The maximum atomic E-state index is 6.13. The highest BCUT2D eigenvalue weighted by atomic mass is 32.2. The first-order chi connectivity index (χ1) is 9.76. The Morgan fingerprint density at radius 2 is 2.35 bits per heavy atom. The number of aromatic nitrogens is 2.